The van der Waals surface area contributed by atoms with Gasteiger partial charge in [0.25, 0.3) is 12.3 Å². The van der Waals surface area contributed by atoms with Crippen molar-refractivity contribution < 1.29 is 27.9 Å². The van der Waals surface area contributed by atoms with Gasteiger partial charge in [0.2, 0.25) is 5.91 Å². The van der Waals surface area contributed by atoms with E-state index in [4.69, 9.17) is 0 Å². The molecule has 2 heterocycles. The largest absolute Gasteiger partial charge is 0.390 e. The van der Waals surface area contributed by atoms with Crippen LogP contribution in [-0.4, -0.2) is 45.0 Å². The minimum Gasteiger partial charge on any atom is -0.390 e. The van der Waals surface area contributed by atoms with E-state index in [1.54, 1.807) is 6.92 Å². The van der Waals surface area contributed by atoms with Crippen LogP contribution in [0.5, 0.6) is 0 Å². The van der Waals surface area contributed by atoms with Crippen LogP contribution in [0.1, 0.15) is 42.4 Å². The molecular weight excluding hydrogens is 423 g/mol. The Kier molecular flexibility index (Phi) is 4.60. The first kappa shape index (κ1) is 20.9. The summed E-state index contributed by atoms with van der Waals surface area (Å²) < 4.78 is 40.3. The van der Waals surface area contributed by atoms with Gasteiger partial charge in [-0.1, -0.05) is 24.3 Å². The molecule has 6 rings (SSSR count). The Morgan fingerprint density at radius 2 is 1.84 bits per heavy atom. The van der Waals surface area contributed by atoms with Crippen molar-refractivity contribution >= 4 is 17.6 Å². The predicted octanol–water partition coefficient (Wildman–Crippen LogP) is 3.13. The second kappa shape index (κ2) is 7.03. The minimum atomic E-state index is -2.60. The zero-order valence-corrected chi connectivity index (χ0v) is 17.4. The fraction of sp³-hybridized carbons (Fsp3) is 0.435. The van der Waals surface area contributed by atoms with Crippen molar-refractivity contribution in [3.63, 3.8) is 0 Å². The highest BCUT2D eigenvalue weighted by atomic mass is 19.3. The number of carbonyl (C=O) groups is 2. The first-order valence-corrected chi connectivity index (χ1v) is 10.4. The van der Waals surface area contributed by atoms with Gasteiger partial charge >= 0.3 is 0 Å². The second-order valence-corrected chi connectivity index (χ2v) is 9.33. The number of carbonyl (C=O) groups excluding carboxylic acids is 2. The number of nitrogens with zero attached hydrogens (tertiary/aromatic N) is 3. The molecule has 168 valence electrons. The van der Waals surface area contributed by atoms with Crippen LogP contribution in [0, 0.1) is 18.2 Å². The van der Waals surface area contributed by atoms with Gasteiger partial charge in [-0.15, -0.1) is 0 Å². The number of anilines is 1. The zero-order valence-electron chi connectivity index (χ0n) is 17.4. The van der Waals surface area contributed by atoms with Gasteiger partial charge in [0.15, 0.2) is 11.6 Å². The van der Waals surface area contributed by atoms with E-state index in [0.29, 0.717) is 30.4 Å². The first-order chi connectivity index (χ1) is 15.1. The number of piperazine rings is 1. The Balaban J connectivity index is 1.47. The van der Waals surface area contributed by atoms with Crippen molar-refractivity contribution in [2.45, 2.75) is 50.8 Å². The maximum absolute atomic E-state index is 14.6. The summed E-state index contributed by atoms with van der Waals surface area (Å²) in [6, 6.07) is 6.00. The summed E-state index contributed by atoms with van der Waals surface area (Å²) in [4.78, 5) is 33.3. The van der Waals surface area contributed by atoms with Gasteiger partial charge in [0.05, 0.1) is 5.60 Å². The molecule has 3 saturated carbocycles. The van der Waals surface area contributed by atoms with E-state index in [9.17, 15) is 27.9 Å². The summed E-state index contributed by atoms with van der Waals surface area (Å²) in [6.45, 7) is 1.38. The maximum Gasteiger partial charge on any atom is 0.263 e. The summed E-state index contributed by atoms with van der Waals surface area (Å²) in [6.07, 6.45) is 0.0140. The molecule has 2 bridgehead atoms. The number of aromatic nitrogens is 1. The van der Waals surface area contributed by atoms with Crippen LogP contribution in [0.3, 0.4) is 0 Å². The molecule has 1 aromatic heterocycles. The molecule has 4 aliphatic rings. The Labute approximate surface area is 182 Å². The maximum atomic E-state index is 14.6. The standard InChI is InChI=1S/C23H22F3N3O3/c1-13-6-16(24)20(27-7-13)29-9-17(30)28(8-14-2-4-15(5-3-14)19(25)26)18(21(29)31)22-10-23(32,11-22)12-22/h2-7,18-19,32H,8-12H2,1H3/t18-,22?,23?/m1/s1. The summed E-state index contributed by atoms with van der Waals surface area (Å²) in [5.41, 5.74) is -0.290. The van der Waals surface area contributed by atoms with Crippen LogP contribution >= 0.6 is 0 Å². The van der Waals surface area contributed by atoms with E-state index < -0.39 is 35.2 Å². The van der Waals surface area contributed by atoms with Gasteiger partial charge in [-0.05, 0) is 43.4 Å². The highest BCUT2D eigenvalue weighted by Crippen LogP contribution is 2.70. The van der Waals surface area contributed by atoms with Crippen molar-refractivity contribution in [3.05, 3.63) is 59.0 Å². The monoisotopic (exact) mass is 445 g/mol. The van der Waals surface area contributed by atoms with E-state index in [2.05, 4.69) is 4.98 Å². The summed E-state index contributed by atoms with van der Waals surface area (Å²) >= 11 is 0. The summed E-state index contributed by atoms with van der Waals surface area (Å²) in [5, 5.41) is 10.3. The van der Waals surface area contributed by atoms with E-state index in [1.807, 2.05) is 0 Å². The Bertz CT molecular complexity index is 1090. The Morgan fingerprint density at radius 3 is 2.41 bits per heavy atom. The van der Waals surface area contributed by atoms with E-state index >= 15 is 0 Å². The SMILES string of the molecule is Cc1cnc(N2CC(=O)N(Cc3ccc(C(F)F)cc3)[C@@H](C34CC(O)(C3)C4)C2=O)c(F)c1. The summed E-state index contributed by atoms with van der Waals surface area (Å²) in [7, 11) is 0. The summed E-state index contributed by atoms with van der Waals surface area (Å²) in [5.74, 6) is -1.70. The van der Waals surface area contributed by atoms with Crippen molar-refractivity contribution in [2.75, 3.05) is 11.4 Å². The third kappa shape index (κ3) is 3.18. The molecular formula is C23H22F3N3O3. The first-order valence-electron chi connectivity index (χ1n) is 10.4. The smallest absolute Gasteiger partial charge is 0.263 e. The molecule has 1 N–H and O–H groups in total. The van der Waals surface area contributed by atoms with E-state index in [0.717, 1.165) is 4.90 Å². The molecule has 1 aromatic carbocycles. The molecule has 9 heteroatoms. The zero-order chi connectivity index (χ0) is 22.8. The molecule has 4 fully saturated rings. The van der Waals surface area contributed by atoms with Gasteiger partial charge in [0, 0.05) is 23.7 Å². The quantitative estimate of drug-likeness (QED) is 0.768. The van der Waals surface area contributed by atoms with Gasteiger partial charge < -0.3 is 10.0 Å². The molecule has 6 nitrogen and oxygen atoms in total. The molecule has 2 aromatic rings. The number of aryl methyl sites for hydroxylation is 1. The average molecular weight is 445 g/mol. The fourth-order valence-electron chi connectivity index (χ4n) is 5.47. The molecule has 2 amide bonds. The molecule has 0 radical (unpaired) electrons. The van der Waals surface area contributed by atoms with Crippen LogP contribution in [0.25, 0.3) is 0 Å². The van der Waals surface area contributed by atoms with Gasteiger partial charge in [-0.25, -0.2) is 18.2 Å². The Morgan fingerprint density at radius 1 is 1.19 bits per heavy atom. The lowest BCUT2D eigenvalue weighted by Gasteiger charge is -2.71. The normalized spacial score (nSPS) is 29.2. The lowest BCUT2D eigenvalue weighted by molar-refractivity contribution is -0.280. The van der Waals surface area contributed by atoms with Crippen molar-refractivity contribution in [1.82, 2.24) is 9.88 Å². The van der Waals surface area contributed by atoms with Crippen molar-refractivity contribution in [1.29, 1.82) is 0 Å². The number of halogens is 3. The molecule has 0 spiro atoms. The number of pyridine rings is 1. The van der Waals surface area contributed by atoms with Crippen LogP contribution in [0.15, 0.2) is 36.5 Å². The third-order valence-corrected chi connectivity index (χ3v) is 6.85. The number of benzene rings is 1. The second-order valence-electron chi connectivity index (χ2n) is 9.33. The number of aliphatic hydroxyl groups is 1. The highest BCUT2D eigenvalue weighted by Gasteiger charge is 2.73. The fourth-order valence-corrected chi connectivity index (χ4v) is 5.47. The van der Waals surface area contributed by atoms with Gasteiger partial charge in [-0.3, -0.25) is 14.5 Å². The van der Waals surface area contributed by atoms with Crippen LogP contribution in [0.2, 0.25) is 0 Å². The number of hydrogen-bond donors (Lipinski definition) is 1. The topological polar surface area (TPSA) is 73.7 Å². The molecule has 0 unspecified atom stereocenters. The number of hydrogen-bond acceptors (Lipinski definition) is 4. The predicted molar refractivity (Wildman–Crippen MR) is 108 cm³/mol. The van der Waals surface area contributed by atoms with Crippen molar-refractivity contribution in [3.8, 4) is 0 Å². The van der Waals surface area contributed by atoms with Crippen LogP contribution in [-0.2, 0) is 16.1 Å². The minimum absolute atomic E-state index is 0.0661. The number of alkyl halides is 2. The van der Waals surface area contributed by atoms with E-state index in [1.165, 1.54) is 41.4 Å². The van der Waals surface area contributed by atoms with E-state index in [-0.39, 0.29) is 30.4 Å². The van der Waals surface area contributed by atoms with Gasteiger partial charge in [-0.2, -0.15) is 0 Å². The van der Waals surface area contributed by atoms with Crippen molar-refractivity contribution in [2.24, 2.45) is 5.41 Å². The number of amides is 2. The average Bonchev–Trinajstić information content (AvgIpc) is 2.69. The lowest BCUT2D eigenvalue weighted by Crippen LogP contribution is -2.78. The highest BCUT2D eigenvalue weighted by molar-refractivity contribution is 6.06. The van der Waals surface area contributed by atoms with Crippen LogP contribution in [0.4, 0.5) is 19.0 Å². The number of rotatable bonds is 5. The molecule has 3 aliphatic carbocycles. The lowest BCUT2D eigenvalue weighted by atomic mass is 9.38. The van der Waals surface area contributed by atoms with Gasteiger partial charge in [0.1, 0.15) is 12.6 Å². The molecule has 32 heavy (non-hydrogen) atoms. The molecule has 1 saturated heterocycles. The molecule has 1 aliphatic heterocycles. The van der Waals surface area contributed by atoms with Crippen LogP contribution < -0.4 is 4.90 Å². The third-order valence-electron chi connectivity index (χ3n) is 6.85. The Hall–Kier alpha value is -2.94. The molecule has 1 atom stereocenters.